The first-order valence-corrected chi connectivity index (χ1v) is 8.73. The molecule has 3 amide bonds. The van der Waals surface area contributed by atoms with Gasteiger partial charge in [-0.25, -0.2) is 9.97 Å². The van der Waals surface area contributed by atoms with Crippen LogP contribution in [-0.2, 0) is 16.0 Å². The summed E-state index contributed by atoms with van der Waals surface area (Å²) in [4.78, 5) is 47.1. The second kappa shape index (κ2) is 8.76. The maximum Gasteiger partial charge on any atom is 0.251 e. The molecule has 0 saturated carbocycles. The average molecular weight is 380 g/mol. The number of aromatic amines is 1. The first kappa shape index (κ1) is 19.0. The van der Waals surface area contributed by atoms with Crippen LogP contribution in [0.15, 0.2) is 42.6 Å². The zero-order valence-corrected chi connectivity index (χ0v) is 15.3. The molecule has 28 heavy (non-hydrogen) atoms. The van der Waals surface area contributed by atoms with Gasteiger partial charge in [0.25, 0.3) is 5.91 Å². The molecule has 0 bridgehead atoms. The van der Waals surface area contributed by atoms with Crippen LogP contribution in [-0.4, -0.2) is 46.3 Å². The van der Waals surface area contributed by atoms with E-state index in [1.165, 1.54) is 7.05 Å². The Labute approximate surface area is 161 Å². The molecule has 0 saturated heterocycles. The van der Waals surface area contributed by atoms with Gasteiger partial charge in [0.2, 0.25) is 11.8 Å². The van der Waals surface area contributed by atoms with Crippen LogP contribution >= 0.6 is 0 Å². The van der Waals surface area contributed by atoms with Gasteiger partial charge in [-0.3, -0.25) is 14.4 Å². The Hall–Kier alpha value is -3.75. The largest absolute Gasteiger partial charge is 0.358 e. The molecule has 4 N–H and O–H groups in total. The van der Waals surface area contributed by atoms with Crippen LogP contribution in [0.5, 0.6) is 0 Å². The molecule has 0 aliphatic carbocycles. The molecular weight excluding hydrogens is 360 g/mol. The van der Waals surface area contributed by atoms with Crippen molar-refractivity contribution < 1.29 is 14.4 Å². The molecular formula is C19H20N6O3. The molecule has 0 spiro atoms. The third-order valence-corrected chi connectivity index (χ3v) is 3.99. The van der Waals surface area contributed by atoms with E-state index in [-0.39, 0.29) is 24.8 Å². The van der Waals surface area contributed by atoms with Gasteiger partial charge in [-0.05, 0) is 30.3 Å². The lowest BCUT2D eigenvalue weighted by Gasteiger charge is -2.08. The maximum atomic E-state index is 12.2. The van der Waals surface area contributed by atoms with Crippen LogP contribution in [0.3, 0.4) is 0 Å². The number of pyridine rings is 1. The van der Waals surface area contributed by atoms with Gasteiger partial charge in [0.05, 0.1) is 12.1 Å². The SMILES string of the molecule is CNC(=O)CNC(=O)c1cccc(NC(=O)CCc2nc3ncccc3[nH]2)c1. The molecule has 1 aromatic carbocycles. The van der Waals surface area contributed by atoms with E-state index in [1.807, 2.05) is 12.1 Å². The van der Waals surface area contributed by atoms with Crippen LogP contribution in [0.1, 0.15) is 22.6 Å². The number of hydrogen-bond donors (Lipinski definition) is 4. The quantitative estimate of drug-likeness (QED) is 0.486. The fourth-order valence-corrected chi connectivity index (χ4v) is 2.56. The molecule has 9 nitrogen and oxygen atoms in total. The number of imidazole rings is 1. The highest BCUT2D eigenvalue weighted by molar-refractivity contribution is 5.98. The predicted molar refractivity (Wildman–Crippen MR) is 104 cm³/mol. The van der Waals surface area contributed by atoms with Gasteiger partial charge in [-0.15, -0.1) is 0 Å². The van der Waals surface area contributed by atoms with E-state index in [0.717, 1.165) is 5.52 Å². The number of carbonyl (C=O) groups is 3. The zero-order chi connectivity index (χ0) is 19.9. The first-order valence-electron chi connectivity index (χ1n) is 8.73. The van der Waals surface area contributed by atoms with Crippen molar-refractivity contribution in [2.45, 2.75) is 12.8 Å². The van der Waals surface area contributed by atoms with Crippen molar-refractivity contribution in [2.75, 3.05) is 18.9 Å². The Morgan fingerprint density at radius 1 is 1.11 bits per heavy atom. The molecule has 0 aliphatic rings. The van der Waals surface area contributed by atoms with Crippen LogP contribution in [0.4, 0.5) is 5.69 Å². The molecule has 144 valence electrons. The fourth-order valence-electron chi connectivity index (χ4n) is 2.56. The second-order valence-electron chi connectivity index (χ2n) is 6.04. The van der Waals surface area contributed by atoms with Crippen molar-refractivity contribution >= 4 is 34.6 Å². The third-order valence-electron chi connectivity index (χ3n) is 3.99. The van der Waals surface area contributed by atoms with Crippen molar-refractivity contribution in [3.63, 3.8) is 0 Å². The number of aryl methyl sites for hydroxylation is 1. The monoisotopic (exact) mass is 380 g/mol. The molecule has 0 unspecified atom stereocenters. The van der Waals surface area contributed by atoms with Gasteiger partial charge in [0, 0.05) is 37.3 Å². The summed E-state index contributed by atoms with van der Waals surface area (Å²) >= 11 is 0. The minimum Gasteiger partial charge on any atom is -0.358 e. The number of carbonyl (C=O) groups excluding carboxylic acids is 3. The van der Waals surface area contributed by atoms with E-state index in [0.29, 0.717) is 29.1 Å². The van der Waals surface area contributed by atoms with Gasteiger partial charge < -0.3 is 20.9 Å². The first-order chi connectivity index (χ1) is 13.5. The number of aromatic nitrogens is 3. The number of anilines is 1. The summed E-state index contributed by atoms with van der Waals surface area (Å²) in [6.07, 6.45) is 2.33. The number of fused-ring (bicyclic) bond motifs is 1. The van der Waals surface area contributed by atoms with Crippen molar-refractivity contribution in [1.82, 2.24) is 25.6 Å². The zero-order valence-electron chi connectivity index (χ0n) is 15.3. The highest BCUT2D eigenvalue weighted by Gasteiger charge is 2.10. The summed E-state index contributed by atoms with van der Waals surface area (Å²) < 4.78 is 0. The Morgan fingerprint density at radius 3 is 2.75 bits per heavy atom. The molecule has 0 fully saturated rings. The minimum absolute atomic E-state index is 0.113. The molecule has 0 atom stereocenters. The standard InChI is InChI=1S/C19H20N6O3/c1-20-17(27)11-22-19(28)12-4-2-5-13(10-12)23-16(26)8-7-15-24-14-6-3-9-21-18(14)25-15/h2-6,9-10H,7-8,11H2,1H3,(H,20,27)(H,22,28)(H,23,26)(H,21,24,25). The van der Waals surface area contributed by atoms with Crippen LogP contribution < -0.4 is 16.0 Å². The predicted octanol–water partition coefficient (Wildman–Crippen LogP) is 1.00. The fraction of sp³-hybridized carbons (Fsp3) is 0.211. The highest BCUT2D eigenvalue weighted by atomic mass is 16.2. The topological polar surface area (TPSA) is 129 Å². The van der Waals surface area contributed by atoms with Crippen LogP contribution in [0.25, 0.3) is 11.2 Å². The molecule has 9 heteroatoms. The van der Waals surface area contributed by atoms with Gasteiger partial charge in [0.1, 0.15) is 5.82 Å². The van der Waals surface area contributed by atoms with Gasteiger partial charge >= 0.3 is 0 Å². The molecule has 3 aromatic rings. The number of amides is 3. The highest BCUT2D eigenvalue weighted by Crippen LogP contribution is 2.12. The van der Waals surface area contributed by atoms with Crippen molar-refractivity contribution in [1.29, 1.82) is 0 Å². The van der Waals surface area contributed by atoms with Crippen LogP contribution in [0, 0.1) is 0 Å². The summed E-state index contributed by atoms with van der Waals surface area (Å²) in [5, 5.41) is 7.69. The number of nitrogens with one attached hydrogen (secondary N) is 4. The molecule has 0 radical (unpaired) electrons. The average Bonchev–Trinajstić information content (AvgIpc) is 3.13. The molecule has 2 aromatic heterocycles. The summed E-state index contributed by atoms with van der Waals surface area (Å²) in [7, 11) is 1.49. The lowest BCUT2D eigenvalue weighted by molar-refractivity contribution is -0.119. The van der Waals surface area contributed by atoms with E-state index < -0.39 is 5.91 Å². The molecule has 3 rings (SSSR count). The minimum atomic E-state index is -0.394. The number of rotatable bonds is 7. The van der Waals surface area contributed by atoms with Crippen molar-refractivity contribution in [3.8, 4) is 0 Å². The van der Waals surface area contributed by atoms with Crippen LogP contribution in [0.2, 0.25) is 0 Å². The van der Waals surface area contributed by atoms with E-state index in [4.69, 9.17) is 0 Å². The molecule has 2 heterocycles. The molecule has 0 aliphatic heterocycles. The van der Waals surface area contributed by atoms with E-state index in [9.17, 15) is 14.4 Å². The lowest BCUT2D eigenvalue weighted by Crippen LogP contribution is -2.35. The maximum absolute atomic E-state index is 12.2. The Bertz CT molecular complexity index is 981. The number of hydrogen-bond acceptors (Lipinski definition) is 5. The van der Waals surface area contributed by atoms with E-state index in [2.05, 4.69) is 30.9 Å². The lowest BCUT2D eigenvalue weighted by atomic mass is 10.2. The van der Waals surface area contributed by atoms with Gasteiger partial charge in [-0.2, -0.15) is 0 Å². The third kappa shape index (κ3) is 4.91. The number of benzene rings is 1. The number of likely N-dealkylation sites (N-methyl/N-ethyl adjacent to an activating group) is 1. The van der Waals surface area contributed by atoms with Crippen molar-refractivity contribution in [3.05, 3.63) is 54.0 Å². The van der Waals surface area contributed by atoms with Gasteiger partial charge in [0.15, 0.2) is 5.65 Å². The Morgan fingerprint density at radius 2 is 1.96 bits per heavy atom. The van der Waals surface area contributed by atoms with E-state index >= 15 is 0 Å². The Kier molecular flexibility index (Phi) is 5.95. The summed E-state index contributed by atoms with van der Waals surface area (Å²) in [6, 6.07) is 10.2. The normalized spacial score (nSPS) is 10.5. The number of H-pyrrole nitrogens is 1. The van der Waals surface area contributed by atoms with E-state index in [1.54, 1.807) is 30.5 Å². The smallest absolute Gasteiger partial charge is 0.251 e. The van der Waals surface area contributed by atoms with Gasteiger partial charge in [-0.1, -0.05) is 6.07 Å². The second-order valence-corrected chi connectivity index (χ2v) is 6.04. The number of nitrogens with zero attached hydrogens (tertiary/aromatic N) is 2. The van der Waals surface area contributed by atoms with Crippen molar-refractivity contribution in [2.24, 2.45) is 0 Å². The summed E-state index contributed by atoms with van der Waals surface area (Å²) in [5.41, 5.74) is 2.30. The summed E-state index contributed by atoms with van der Waals surface area (Å²) in [5.74, 6) is -0.199. The Balaban J connectivity index is 1.55. The summed E-state index contributed by atoms with van der Waals surface area (Å²) in [6.45, 7) is -0.113.